The molecular weight excluding hydrogens is 260 g/mol. The van der Waals surface area contributed by atoms with Crippen molar-refractivity contribution in [3.8, 4) is 0 Å². The van der Waals surface area contributed by atoms with E-state index in [9.17, 15) is 14.7 Å². The van der Waals surface area contributed by atoms with Gasteiger partial charge in [-0.15, -0.1) is 0 Å². The van der Waals surface area contributed by atoms with Crippen LogP contribution in [0.25, 0.3) is 0 Å². The van der Waals surface area contributed by atoms with E-state index in [0.29, 0.717) is 18.6 Å². The summed E-state index contributed by atoms with van der Waals surface area (Å²) in [6.07, 6.45) is 4.58. The minimum Gasteiger partial charge on any atom is -0.481 e. The van der Waals surface area contributed by atoms with Crippen molar-refractivity contribution in [3.05, 3.63) is 0 Å². The Hall–Kier alpha value is -1.30. The summed E-state index contributed by atoms with van der Waals surface area (Å²) < 4.78 is 5.26. The molecule has 1 N–H and O–H groups in total. The maximum absolute atomic E-state index is 12.6. The first kappa shape index (κ1) is 13.7. The van der Waals surface area contributed by atoms with Crippen molar-refractivity contribution < 1.29 is 19.4 Å². The monoisotopic (exact) mass is 282 g/mol. The smallest absolute Gasteiger partial charge is 0.320 e. The second-order valence-corrected chi connectivity index (χ2v) is 6.27. The van der Waals surface area contributed by atoms with Gasteiger partial charge < -0.3 is 19.6 Å². The van der Waals surface area contributed by atoms with Gasteiger partial charge in [0, 0.05) is 19.6 Å². The number of aliphatic carboxylic acids is 1. The molecule has 3 rings (SSSR count). The second-order valence-electron chi connectivity index (χ2n) is 6.27. The zero-order chi connectivity index (χ0) is 14.3. The van der Waals surface area contributed by atoms with Gasteiger partial charge in [-0.25, -0.2) is 4.79 Å². The zero-order valence-corrected chi connectivity index (χ0v) is 11.8. The van der Waals surface area contributed by atoms with Crippen LogP contribution in [0.1, 0.15) is 25.7 Å². The van der Waals surface area contributed by atoms with Crippen LogP contribution in [0.2, 0.25) is 0 Å². The van der Waals surface area contributed by atoms with Crippen LogP contribution in [-0.4, -0.2) is 65.8 Å². The molecule has 0 bridgehead atoms. The fourth-order valence-corrected chi connectivity index (χ4v) is 2.85. The standard InChI is InChI=1S/C14H22N2O4/c1-15(12-8-20-7-11(12)13(17)18)14(19)16(10-4-5-10)6-9-2-3-9/h9-12H,2-8H2,1H3,(H,17,18). The van der Waals surface area contributed by atoms with Crippen molar-refractivity contribution >= 4 is 12.0 Å². The van der Waals surface area contributed by atoms with Gasteiger partial charge in [-0.1, -0.05) is 0 Å². The molecule has 1 aliphatic heterocycles. The highest BCUT2D eigenvalue weighted by Gasteiger charge is 2.43. The molecule has 6 heteroatoms. The Bertz CT molecular complexity index is 406. The molecule has 2 aliphatic carbocycles. The van der Waals surface area contributed by atoms with Crippen LogP contribution < -0.4 is 0 Å². The van der Waals surface area contributed by atoms with E-state index in [0.717, 1.165) is 19.4 Å². The summed E-state index contributed by atoms with van der Waals surface area (Å²) in [5.41, 5.74) is 0. The highest BCUT2D eigenvalue weighted by molar-refractivity contribution is 5.77. The summed E-state index contributed by atoms with van der Waals surface area (Å²) in [6.45, 7) is 1.35. The van der Waals surface area contributed by atoms with E-state index in [1.165, 1.54) is 12.8 Å². The Morgan fingerprint density at radius 2 is 1.90 bits per heavy atom. The molecule has 2 saturated carbocycles. The molecule has 2 unspecified atom stereocenters. The van der Waals surface area contributed by atoms with Crippen molar-refractivity contribution in [2.45, 2.75) is 37.8 Å². The Morgan fingerprint density at radius 1 is 1.20 bits per heavy atom. The predicted molar refractivity (Wildman–Crippen MR) is 71.3 cm³/mol. The van der Waals surface area contributed by atoms with Gasteiger partial charge in [0.1, 0.15) is 5.92 Å². The number of rotatable bonds is 5. The lowest BCUT2D eigenvalue weighted by molar-refractivity contribution is -0.142. The molecule has 112 valence electrons. The van der Waals surface area contributed by atoms with E-state index in [1.54, 1.807) is 11.9 Å². The summed E-state index contributed by atoms with van der Waals surface area (Å²) in [5.74, 6) is -0.832. The Morgan fingerprint density at radius 3 is 2.45 bits per heavy atom. The number of likely N-dealkylation sites (N-methyl/N-ethyl adjacent to an activating group) is 1. The van der Waals surface area contributed by atoms with Crippen molar-refractivity contribution in [3.63, 3.8) is 0 Å². The number of amides is 2. The van der Waals surface area contributed by atoms with Gasteiger partial charge in [-0.3, -0.25) is 4.79 Å². The Kier molecular flexibility index (Phi) is 3.58. The maximum Gasteiger partial charge on any atom is 0.320 e. The van der Waals surface area contributed by atoms with Gasteiger partial charge >= 0.3 is 12.0 Å². The molecule has 3 aliphatic rings. The van der Waals surface area contributed by atoms with Gasteiger partial charge in [-0.05, 0) is 31.6 Å². The third-order valence-corrected chi connectivity index (χ3v) is 4.55. The van der Waals surface area contributed by atoms with E-state index in [-0.39, 0.29) is 18.7 Å². The van der Waals surface area contributed by atoms with E-state index < -0.39 is 11.9 Å². The lowest BCUT2D eigenvalue weighted by Crippen LogP contribution is -2.51. The SMILES string of the molecule is CN(C(=O)N(CC1CC1)C1CC1)C1COCC1C(=O)O. The van der Waals surface area contributed by atoms with Gasteiger partial charge in [0.15, 0.2) is 0 Å². The molecule has 0 spiro atoms. The zero-order valence-electron chi connectivity index (χ0n) is 11.8. The summed E-state index contributed by atoms with van der Waals surface area (Å²) in [4.78, 5) is 27.4. The topological polar surface area (TPSA) is 70.1 Å². The maximum atomic E-state index is 12.6. The molecule has 1 saturated heterocycles. The van der Waals surface area contributed by atoms with Crippen LogP contribution in [0.15, 0.2) is 0 Å². The fourth-order valence-electron chi connectivity index (χ4n) is 2.85. The highest BCUT2D eigenvalue weighted by Crippen LogP contribution is 2.35. The van der Waals surface area contributed by atoms with Gasteiger partial charge in [0.25, 0.3) is 0 Å². The molecule has 0 aromatic carbocycles. The van der Waals surface area contributed by atoms with Gasteiger partial charge in [0.05, 0.1) is 19.3 Å². The quantitative estimate of drug-likeness (QED) is 0.817. The Labute approximate surface area is 118 Å². The largest absolute Gasteiger partial charge is 0.481 e. The fraction of sp³-hybridized carbons (Fsp3) is 0.857. The van der Waals surface area contributed by atoms with Crippen LogP contribution in [0.4, 0.5) is 4.79 Å². The lowest BCUT2D eigenvalue weighted by atomic mass is 10.0. The first-order chi connectivity index (χ1) is 9.58. The van der Waals surface area contributed by atoms with Crippen molar-refractivity contribution in [2.24, 2.45) is 11.8 Å². The molecule has 2 amide bonds. The number of carbonyl (C=O) groups excluding carboxylic acids is 1. The number of hydrogen-bond acceptors (Lipinski definition) is 3. The second kappa shape index (κ2) is 5.24. The summed E-state index contributed by atoms with van der Waals surface area (Å²) in [7, 11) is 1.71. The molecule has 3 fully saturated rings. The van der Waals surface area contributed by atoms with Gasteiger partial charge in [0.2, 0.25) is 0 Å². The van der Waals surface area contributed by atoms with E-state index in [4.69, 9.17) is 4.74 Å². The predicted octanol–water partition coefficient (Wildman–Crippen LogP) is 1.01. The van der Waals surface area contributed by atoms with Crippen LogP contribution in [-0.2, 0) is 9.53 Å². The van der Waals surface area contributed by atoms with Crippen LogP contribution >= 0.6 is 0 Å². The molecule has 2 atom stereocenters. The average molecular weight is 282 g/mol. The third kappa shape index (κ3) is 2.75. The third-order valence-electron chi connectivity index (χ3n) is 4.55. The number of urea groups is 1. The summed E-state index contributed by atoms with van der Waals surface area (Å²) in [5, 5.41) is 9.20. The first-order valence-electron chi connectivity index (χ1n) is 7.42. The van der Waals surface area contributed by atoms with Crippen molar-refractivity contribution in [1.82, 2.24) is 9.80 Å². The minimum atomic E-state index is -0.882. The van der Waals surface area contributed by atoms with Crippen molar-refractivity contribution in [1.29, 1.82) is 0 Å². The number of carboxylic acids is 1. The van der Waals surface area contributed by atoms with Gasteiger partial charge in [-0.2, -0.15) is 0 Å². The van der Waals surface area contributed by atoms with E-state index in [1.807, 2.05) is 4.90 Å². The first-order valence-corrected chi connectivity index (χ1v) is 7.42. The molecule has 20 heavy (non-hydrogen) atoms. The molecule has 1 heterocycles. The van der Waals surface area contributed by atoms with Crippen LogP contribution in [0.3, 0.4) is 0 Å². The average Bonchev–Trinajstić information content (AvgIpc) is 3.33. The Balaban J connectivity index is 1.66. The van der Waals surface area contributed by atoms with E-state index in [2.05, 4.69) is 0 Å². The normalized spacial score (nSPS) is 29.2. The lowest BCUT2D eigenvalue weighted by Gasteiger charge is -2.33. The molecule has 6 nitrogen and oxygen atoms in total. The molecule has 0 aromatic rings. The van der Waals surface area contributed by atoms with Crippen molar-refractivity contribution in [2.75, 3.05) is 26.8 Å². The highest BCUT2D eigenvalue weighted by atomic mass is 16.5. The van der Waals surface area contributed by atoms with E-state index >= 15 is 0 Å². The summed E-state index contributed by atoms with van der Waals surface area (Å²) in [6, 6.07) is -0.00208. The number of hydrogen-bond donors (Lipinski definition) is 1. The summed E-state index contributed by atoms with van der Waals surface area (Å²) >= 11 is 0. The van der Waals surface area contributed by atoms with Crippen LogP contribution in [0.5, 0.6) is 0 Å². The number of ether oxygens (including phenoxy) is 1. The molecule has 0 radical (unpaired) electrons. The number of carboxylic acid groups (broad SMARTS) is 1. The number of nitrogens with zero attached hydrogens (tertiary/aromatic N) is 2. The molecular formula is C14H22N2O4. The minimum absolute atomic E-state index is 0.0267. The molecule has 0 aromatic heterocycles. The van der Waals surface area contributed by atoms with Crippen LogP contribution in [0, 0.1) is 11.8 Å². The number of carbonyl (C=O) groups is 2.